The van der Waals surface area contributed by atoms with Gasteiger partial charge in [-0.2, -0.15) is 10.4 Å². The maximum absolute atomic E-state index is 12.2. The lowest BCUT2D eigenvalue weighted by atomic mass is 10.1. The van der Waals surface area contributed by atoms with Crippen LogP contribution in [0.25, 0.3) is 11.3 Å². The quantitative estimate of drug-likeness (QED) is 0.489. The van der Waals surface area contributed by atoms with Crippen LogP contribution in [0.15, 0.2) is 58.4 Å². The molecule has 3 aromatic rings. The fraction of sp³-hybridized carbons (Fsp3) is 0.100. The summed E-state index contributed by atoms with van der Waals surface area (Å²) in [5, 5.41) is 13.9. The van der Waals surface area contributed by atoms with Gasteiger partial charge in [-0.05, 0) is 25.1 Å². The molecule has 3 rings (SSSR count). The molecule has 0 amide bonds. The van der Waals surface area contributed by atoms with Crippen molar-refractivity contribution in [2.45, 2.75) is 6.92 Å². The van der Waals surface area contributed by atoms with Crippen molar-refractivity contribution in [1.82, 2.24) is 9.97 Å². The van der Waals surface area contributed by atoms with Crippen LogP contribution in [0, 0.1) is 11.3 Å². The molecule has 28 heavy (non-hydrogen) atoms. The van der Waals surface area contributed by atoms with E-state index in [1.54, 1.807) is 42.5 Å². The van der Waals surface area contributed by atoms with Crippen molar-refractivity contribution in [2.24, 2.45) is 5.10 Å². The largest absolute Gasteiger partial charge is 0.493 e. The highest BCUT2D eigenvalue weighted by Crippen LogP contribution is 2.22. The third kappa shape index (κ3) is 4.37. The first kappa shape index (κ1) is 19.1. The van der Waals surface area contributed by atoms with Gasteiger partial charge in [0.25, 0.3) is 5.56 Å². The van der Waals surface area contributed by atoms with Crippen LogP contribution < -0.4 is 15.7 Å². The minimum atomic E-state index is -0.549. The summed E-state index contributed by atoms with van der Waals surface area (Å²) in [6, 6.07) is 16.1. The summed E-state index contributed by atoms with van der Waals surface area (Å²) in [6.07, 6.45) is 1.51. The second-order valence-electron chi connectivity index (χ2n) is 5.60. The van der Waals surface area contributed by atoms with E-state index in [2.05, 4.69) is 20.5 Å². The highest BCUT2D eigenvalue weighted by Gasteiger charge is 2.12. The number of aromatic amines is 1. The molecule has 140 valence electrons. The molecule has 7 nitrogen and oxygen atoms in total. The number of benzene rings is 2. The number of H-pyrrole nitrogens is 1. The molecule has 2 aromatic carbocycles. The Bertz CT molecular complexity index is 1100. The summed E-state index contributed by atoms with van der Waals surface area (Å²) in [5.41, 5.74) is 3.67. The van der Waals surface area contributed by atoms with Gasteiger partial charge < -0.3 is 4.74 Å². The topological polar surface area (TPSA) is 103 Å². The van der Waals surface area contributed by atoms with Crippen molar-refractivity contribution in [3.63, 3.8) is 0 Å². The summed E-state index contributed by atoms with van der Waals surface area (Å²) in [5.74, 6) is 0.739. The van der Waals surface area contributed by atoms with Crippen LogP contribution in [0.3, 0.4) is 0 Å². The number of hydrazone groups is 1. The number of rotatable bonds is 6. The van der Waals surface area contributed by atoms with Crippen LogP contribution >= 0.6 is 11.6 Å². The number of nitrogens with one attached hydrogen (secondary N) is 2. The highest BCUT2D eigenvalue weighted by molar-refractivity contribution is 6.30. The van der Waals surface area contributed by atoms with Gasteiger partial charge in [-0.3, -0.25) is 9.78 Å². The Morgan fingerprint density at radius 1 is 1.32 bits per heavy atom. The molecule has 0 unspecified atom stereocenters. The fourth-order valence-corrected chi connectivity index (χ4v) is 2.69. The Balaban J connectivity index is 1.91. The number of halogens is 1. The second-order valence-corrected chi connectivity index (χ2v) is 6.04. The van der Waals surface area contributed by atoms with Gasteiger partial charge in [0.1, 0.15) is 17.4 Å². The molecule has 0 fully saturated rings. The minimum absolute atomic E-state index is 0.0609. The molecule has 0 aliphatic heterocycles. The Kier molecular flexibility index (Phi) is 6.04. The molecule has 0 saturated carbocycles. The number of hydrogen-bond acceptors (Lipinski definition) is 6. The van der Waals surface area contributed by atoms with Crippen LogP contribution in [0.2, 0.25) is 5.02 Å². The summed E-state index contributed by atoms with van der Waals surface area (Å²) in [6.45, 7) is 2.38. The molecule has 0 aliphatic carbocycles. The predicted molar refractivity (Wildman–Crippen MR) is 109 cm³/mol. The molecule has 1 heterocycles. The Hall–Kier alpha value is -3.63. The zero-order valence-corrected chi connectivity index (χ0v) is 15.7. The SMILES string of the molecule is CCOc1ccc(Cl)cc1C=NNc1nc(-c2ccccc2)c(C#N)c(=O)[nH]1. The summed E-state index contributed by atoms with van der Waals surface area (Å²) in [7, 11) is 0. The van der Waals surface area contributed by atoms with Gasteiger partial charge in [0, 0.05) is 16.1 Å². The number of hydrogen-bond donors (Lipinski definition) is 2. The zero-order valence-electron chi connectivity index (χ0n) is 14.9. The van der Waals surface area contributed by atoms with Crippen LogP contribution in [0.4, 0.5) is 5.95 Å². The average molecular weight is 394 g/mol. The predicted octanol–water partition coefficient (Wildman–Crippen LogP) is 3.81. The summed E-state index contributed by atoms with van der Waals surface area (Å²) < 4.78 is 5.53. The molecule has 1 aromatic heterocycles. The van der Waals surface area contributed by atoms with Gasteiger partial charge in [-0.25, -0.2) is 10.4 Å². The normalized spacial score (nSPS) is 10.6. The molecule has 0 saturated heterocycles. The minimum Gasteiger partial charge on any atom is -0.493 e. The van der Waals surface area contributed by atoms with E-state index in [9.17, 15) is 10.1 Å². The van der Waals surface area contributed by atoms with Crippen molar-refractivity contribution in [2.75, 3.05) is 12.0 Å². The van der Waals surface area contributed by atoms with Crippen molar-refractivity contribution >= 4 is 23.8 Å². The van der Waals surface area contributed by atoms with Crippen molar-refractivity contribution in [3.8, 4) is 23.1 Å². The Labute approximate surface area is 166 Å². The van der Waals surface area contributed by atoms with E-state index < -0.39 is 5.56 Å². The van der Waals surface area contributed by atoms with Gasteiger partial charge in [0.2, 0.25) is 5.95 Å². The molecule has 0 atom stereocenters. The first-order valence-corrected chi connectivity index (χ1v) is 8.81. The smallest absolute Gasteiger partial charge is 0.270 e. The fourth-order valence-electron chi connectivity index (χ4n) is 2.50. The van der Waals surface area contributed by atoms with Gasteiger partial charge in [0.15, 0.2) is 0 Å². The lowest BCUT2D eigenvalue weighted by molar-refractivity contribution is 0.340. The maximum Gasteiger partial charge on any atom is 0.270 e. The van der Waals surface area contributed by atoms with E-state index in [4.69, 9.17) is 16.3 Å². The molecule has 0 spiro atoms. The molecular weight excluding hydrogens is 378 g/mol. The number of nitriles is 1. The number of nitrogens with zero attached hydrogens (tertiary/aromatic N) is 3. The lowest BCUT2D eigenvalue weighted by Gasteiger charge is -2.08. The van der Waals surface area contributed by atoms with Gasteiger partial charge in [-0.1, -0.05) is 41.9 Å². The highest BCUT2D eigenvalue weighted by atomic mass is 35.5. The van der Waals surface area contributed by atoms with Crippen molar-refractivity contribution < 1.29 is 4.74 Å². The summed E-state index contributed by atoms with van der Waals surface area (Å²) in [4.78, 5) is 19.1. The third-order valence-corrected chi connectivity index (χ3v) is 3.96. The Morgan fingerprint density at radius 3 is 2.82 bits per heavy atom. The van der Waals surface area contributed by atoms with Crippen LogP contribution in [0.5, 0.6) is 5.75 Å². The van der Waals surface area contributed by atoms with Crippen LogP contribution in [-0.2, 0) is 0 Å². The lowest BCUT2D eigenvalue weighted by Crippen LogP contribution is -2.16. The van der Waals surface area contributed by atoms with E-state index >= 15 is 0 Å². The zero-order chi connectivity index (χ0) is 19.9. The van der Waals surface area contributed by atoms with E-state index in [0.29, 0.717) is 28.5 Å². The van der Waals surface area contributed by atoms with Crippen LogP contribution in [-0.4, -0.2) is 22.8 Å². The molecule has 0 bridgehead atoms. The van der Waals surface area contributed by atoms with E-state index in [0.717, 1.165) is 0 Å². The van der Waals surface area contributed by atoms with E-state index in [-0.39, 0.29) is 17.2 Å². The molecule has 0 radical (unpaired) electrons. The van der Waals surface area contributed by atoms with Crippen molar-refractivity contribution in [1.29, 1.82) is 5.26 Å². The average Bonchev–Trinajstić information content (AvgIpc) is 2.70. The standard InChI is InChI=1S/C20H16ClN5O2/c1-2-28-17-9-8-15(21)10-14(17)12-23-26-20-24-18(13-6-4-3-5-7-13)16(11-22)19(27)25-20/h3-10,12H,2H2,1H3,(H2,24,25,26,27). The maximum atomic E-state index is 12.2. The molecule has 8 heteroatoms. The molecule has 0 aliphatic rings. The molecular formula is C20H16ClN5O2. The van der Waals surface area contributed by atoms with Gasteiger partial charge in [-0.15, -0.1) is 0 Å². The number of aromatic nitrogens is 2. The Morgan fingerprint density at radius 2 is 2.11 bits per heavy atom. The third-order valence-electron chi connectivity index (χ3n) is 3.72. The van der Waals surface area contributed by atoms with E-state index in [1.807, 2.05) is 19.1 Å². The number of ether oxygens (including phenoxy) is 1. The second kappa shape index (κ2) is 8.84. The van der Waals surface area contributed by atoms with Gasteiger partial charge in [0.05, 0.1) is 18.5 Å². The molecule has 2 N–H and O–H groups in total. The number of anilines is 1. The summed E-state index contributed by atoms with van der Waals surface area (Å²) >= 11 is 6.03. The monoisotopic (exact) mass is 393 g/mol. The van der Waals surface area contributed by atoms with Crippen LogP contribution in [0.1, 0.15) is 18.1 Å². The van der Waals surface area contributed by atoms with E-state index in [1.165, 1.54) is 6.21 Å². The first-order valence-electron chi connectivity index (χ1n) is 8.43. The van der Waals surface area contributed by atoms with Crippen molar-refractivity contribution in [3.05, 3.63) is 75.0 Å². The van der Waals surface area contributed by atoms with Gasteiger partial charge >= 0.3 is 0 Å². The first-order chi connectivity index (χ1) is 13.6.